The molecule has 1 aliphatic heterocycles. The molecule has 166 valence electrons. The molecule has 1 aliphatic rings. The van der Waals surface area contributed by atoms with Gasteiger partial charge in [0.2, 0.25) is 5.91 Å². The van der Waals surface area contributed by atoms with Crippen molar-refractivity contribution in [2.24, 2.45) is 0 Å². The normalized spacial score (nSPS) is 14.6. The molecule has 0 spiro atoms. The molecular weight excluding hydrogens is 390 g/mol. The number of hydrogen-bond donors (Lipinski definition) is 1. The van der Waals surface area contributed by atoms with Gasteiger partial charge in [0.05, 0.1) is 13.7 Å². The molecule has 0 atom stereocenters. The summed E-state index contributed by atoms with van der Waals surface area (Å²) in [6.07, 6.45) is 3.30. The molecule has 31 heavy (non-hydrogen) atoms. The van der Waals surface area contributed by atoms with Gasteiger partial charge in [0.25, 0.3) is 0 Å². The van der Waals surface area contributed by atoms with E-state index in [9.17, 15) is 4.79 Å². The molecule has 2 aromatic rings. The van der Waals surface area contributed by atoms with Crippen LogP contribution in [0, 0.1) is 6.92 Å². The predicted molar refractivity (Wildman–Crippen MR) is 127 cm³/mol. The summed E-state index contributed by atoms with van der Waals surface area (Å²) in [5.41, 5.74) is 4.08. The molecule has 0 unspecified atom stereocenters. The van der Waals surface area contributed by atoms with Crippen LogP contribution in [-0.2, 0) is 4.79 Å². The Balaban J connectivity index is 1.61. The van der Waals surface area contributed by atoms with Gasteiger partial charge in [-0.15, -0.1) is 0 Å². The number of amides is 1. The van der Waals surface area contributed by atoms with Crippen molar-refractivity contribution in [2.45, 2.75) is 20.8 Å². The minimum absolute atomic E-state index is 0.170. The Morgan fingerprint density at radius 3 is 2.48 bits per heavy atom. The number of benzene rings is 2. The molecule has 1 amide bonds. The molecule has 0 aliphatic carbocycles. The summed E-state index contributed by atoms with van der Waals surface area (Å²) in [6, 6.07) is 11.7. The highest BCUT2D eigenvalue weighted by Gasteiger charge is 2.17. The van der Waals surface area contributed by atoms with E-state index in [1.807, 2.05) is 37.3 Å². The van der Waals surface area contributed by atoms with E-state index in [0.717, 1.165) is 44.0 Å². The van der Waals surface area contributed by atoms with E-state index >= 15 is 0 Å². The molecular formula is C25H33N3O3. The van der Waals surface area contributed by atoms with E-state index < -0.39 is 0 Å². The van der Waals surface area contributed by atoms with Crippen molar-refractivity contribution in [1.82, 2.24) is 4.90 Å². The molecule has 6 heteroatoms. The second-order valence-electron chi connectivity index (χ2n) is 7.59. The van der Waals surface area contributed by atoms with Crippen LogP contribution in [-0.4, -0.2) is 57.2 Å². The number of nitrogens with zero attached hydrogens (tertiary/aromatic N) is 2. The molecule has 0 bridgehead atoms. The Kier molecular flexibility index (Phi) is 7.95. The van der Waals surface area contributed by atoms with E-state index in [1.54, 1.807) is 13.2 Å². The van der Waals surface area contributed by atoms with Crippen LogP contribution in [0.1, 0.15) is 25.0 Å². The van der Waals surface area contributed by atoms with E-state index in [4.69, 9.17) is 9.47 Å². The second kappa shape index (κ2) is 10.9. The molecule has 1 saturated heterocycles. The topological polar surface area (TPSA) is 54.0 Å². The van der Waals surface area contributed by atoms with Crippen LogP contribution in [0.5, 0.6) is 11.5 Å². The first-order valence-corrected chi connectivity index (χ1v) is 10.9. The van der Waals surface area contributed by atoms with Gasteiger partial charge in [0.1, 0.15) is 0 Å². The van der Waals surface area contributed by atoms with Crippen molar-refractivity contribution in [2.75, 3.05) is 56.7 Å². The van der Waals surface area contributed by atoms with E-state index in [-0.39, 0.29) is 5.91 Å². The van der Waals surface area contributed by atoms with Crippen molar-refractivity contribution in [3.8, 4) is 11.5 Å². The summed E-state index contributed by atoms with van der Waals surface area (Å²) in [5, 5.41) is 2.95. The molecule has 0 radical (unpaired) electrons. The Morgan fingerprint density at radius 2 is 1.84 bits per heavy atom. The van der Waals surface area contributed by atoms with E-state index in [1.165, 1.54) is 17.3 Å². The fourth-order valence-electron chi connectivity index (χ4n) is 3.81. The second-order valence-corrected chi connectivity index (χ2v) is 7.59. The number of carbonyl (C=O) groups is 1. The van der Waals surface area contributed by atoms with Crippen molar-refractivity contribution in [1.29, 1.82) is 0 Å². The number of rotatable bonds is 8. The first-order chi connectivity index (χ1) is 15.0. The summed E-state index contributed by atoms with van der Waals surface area (Å²) < 4.78 is 10.9. The van der Waals surface area contributed by atoms with Gasteiger partial charge in [-0.1, -0.05) is 13.0 Å². The number of hydrogen-bond acceptors (Lipinski definition) is 5. The third-order valence-electron chi connectivity index (χ3n) is 5.54. The summed E-state index contributed by atoms with van der Waals surface area (Å²) in [6.45, 7) is 12.2. The van der Waals surface area contributed by atoms with E-state index in [0.29, 0.717) is 18.1 Å². The number of carbonyl (C=O) groups excluding carboxylic acids is 1. The van der Waals surface area contributed by atoms with Gasteiger partial charge in [-0.05, 0) is 67.9 Å². The zero-order valence-corrected chi connectivity index (χ0v) is 19.0. The van der Waals surface area contributed by atoms with Crippen molar-refractivity contribution >= 4 is 23.4 Å². The maximum atomic E-state index is 12.4. The highest BCUT2D eigenvalue weighted by molar-refractivity contribution is 6.02. The third-order valence-corrected chi connectivity index (χ3v) is 5.54. The van der Waals surface area contributed by atoms with Crippen LogP contribution >= 0.6 is 0 Å². The lowest BCUT2D eigenvalue weighted by atomic mass is 10.1. The number of likely N-dealkylation sites (N-methyl/N-ethyl adjacent to an activating group) is 1. The first-order valence-electron chi connectivity index (χ1n) is 10.9. The number of piperazine rings is 1. The highest BCUT2D eigenvalue weighted by Crippen LogP contribution is 2.28. The van der Waals surface area contributed by atoms with Gasteiger partial charge in [-0.2, -0.15) is 0 Å². The summed E-state index contributed by atoms with van der Waals surface area (Å²) >= 11 is 0. The van der Waals surface area contributed by atoms with Crippen molar-refractivity contribution in [3.05, 3.63) is 53.6 Å². The van der Waals surface area contributed by atoms with Crippen LogP contribution in [0.15, 0.2) is 42.5 Å². The molecule has 3 rings (SSSR count). The Hall–Kier alpha value is -2.99. The van der Waals surface area contributed by atoms with Crippen LogP contribution in [0.4, 0.5) is 11.4 Å². The summed E-state index contributed by atoms with van der Waals surface area (Å²) in [5.74, 6) is 1.17. The van der Waals surface area contributed by atoms with Gasteiger partial charge in [-0.25, -0.2) is 0 Å². The first kappa shape index (κ1) is 22.7. The molecule has 1 N–H and O–H groups in total. The van der Waals surface area contributed by atoms with Crippen LogP contribution < -0.4 is 19.7 Å². The fraction of sp³-hybridized carbons (Fsp3) is 0.400. The summed E-state index contributed by atoms with van der Waals surface area (Å²) in [4.78, 5) is 17.3. The minimum Gasteiger partial charge on any atom is -0.493 e. The number of nitrogens with one attached hydrogen (secondary N) is 1. The average Bonchev–Trinajstić information content (AvgIpc) is 2.79. The van der Waals surface area contributed by atoms with Gasteiger partial charge >= 0.3 is 0 Å². The summed E-state index contributed by atoms with van der Waals surface area (Å²) in [7, 11) is 1.60. The van der Waals surface area contributed by atoms with Gasteiger partial charge in [-0.3, -0.25) is 4.79 Å². The lowest BCUT2D eigenvalue weighted by molar-refractivity contribution is -0.111. The number of ether oxygens (including phenoxy) is 2. The monoisotopic (exact) mass is 423 g/mol. The number of anilines is 2. The minimum atomic E-state index is -0.170. The Labute approximate surface area is 185 Å². The van der Waals surface area contributed by atoms with Crippen LogP contribution in [0.3, 0.4) is 0 Å². The highest BCUT2D eigenvalue weighted by atomic mass is 16.5. The maximum absolute atomic E-state index is 12.4. The lowest BCUT2D eigenvalue weighted by Crippen LogP contribution is -2.46. The van der Waals surface area contributed by atoms with Crippen molar-refractivity contribution in [3.63, 3.8) is 0 Å². The SMILES string of the molecule is CCOc1ccc(/C=C/C(=O)Nc2ccc(N3CCN(CC)CC3)c(C)c2)cc1OC. The maximum Gasteiger partial charge on any atom is 0.248 e. The Morgan fingerprint density at radius 1 is 1.06 bits per heavy atom. The van der Waals surface area contributed by atoms with Gasteiger partial charge < -0.3 is 24.6 Å². The fourth-order valence-corrected chi connectivity index (χ4v) is 3.81. The number of methoxy groups -OCH3 is 1. The zero-order chi connectivity index (χ0) is 22.2. The largest absolute Gasteiger partial charge is 0.493 e. The number of aryl methyl sites for hydroxylation is 1. The zero-order valence-electron chi connectivity index (χ0n) is 19.0. The standard InChI is InChI=1S/C25H33N3O3/c1-5-27-13-15-28(16-14-27)22-10-9-21(17-19(22)3)26-25(29)12-8-20-7-11-23(31-6-2)24(18-20)30-4/h7-12,17-18H,5-6,13-16H2,1-4H3,(H,26,29)/b12-8+. The van der Waals surface area contributed by atoms with Gasteiger partial charge in [0, 0.05) is 43.6 Å². The van der Waals surface area contributed by atoms with Crippen LogP contribution in [0.25, 0.3) is 6.08 Å². The third kappa shape index (κ3) is 6.01. The quantitative estimate of drug-likeness (QED) is 0.645. The molecule has 1 heterocycles. The predicted octanol–water partition coefficient (Wildman–Crippen LogP) is 4.20. The Bertz CT molecular complexity index is 918. The molecule has 2 aromatic carbocycles. The van der Waals surface area contributed by atoms with Crippen molar-refractivity contribution < 1.29 is 14.3 Å². The smallest absolute Gasteiger partial charge is 0.248 e. The average molecular weight is 424 g/mol. The van der Waals surface area contributed by atoms with Gasteiger partial charge in [0.15, 0.2) is 11.5 Å². The molecule has 1 fully saturated rings. The van der Waals surface area contributed by atoms with E-state index in [2.05, 4.69) is 35.0 Å². The molecule has 0 saturated carbocycles. The van der Waals surface area contributed by atoms with Crippen LogP contribution in [0.2, 0.25) is 0 Å². The molecule has 0 aromatic heterocycles. The lowest BCUT2D eigenvalue weighted by Gasteiger charge is -2.36. The molecule has 6 nitrogen and oxygen atoms in total.